The van der Waals surface area contributed by atoms with Crippen molar-refractivity contribution in [3.63, 3.8) is 0 Å². The summed E-state index contributed by atoms with van der Waals surface area (Å²) >= 11 is 0. The highest BCUT2D eigenvalue weighted by Crippen LogP contribution is 2.29. The van der Waals surface area contributed by atoms with Crippen LogP contribution in [0.4, 0.5) is 0 Å². The van der Waals surface area contributed by atoms with Crippen molar-refractivity contribution >= 4 is 11.7 Å². The molecule has 0 bridgehead atoms. The number of nitrogens with one attached hydrogen (secondary N) is 1. The molecule has 3 N–H and O–H groups in total. The zero-order valence-corrected chi connectivity index (χ0v) is 16.6. The second-order valence-electron chi connectivity index (χ2n) is 8.05. The summed E-state index contributed by atoms with van der Waals surface area (Å²) in [6.45, 7) is 10.4. The van der Waals surface area contributed by atoms with E-state index in [-0.39, 0.29) is 17.7 Å². The minimum Gasteiger partial charge on any atom is -0.361 e. The van der Waals surface area contributed by atoms with Gasteiger partial charge in [-0.25, -0.2) is 0 Å². The summed E-state index contributed by atoms with van der Waals surface area (Å²) in [5, 5.41) is 2.93. The molecule has 0 aromatic heterocycles. The molecule has 0 spiro atoms. The van der Waals surface area contributed by atoms with E-state index in [0.29, 0.717) is 24.5 Å². The van der Waals surface area contributed by atoms with Gasteiger partial charge >= 0.3 is 0 Å². The van der Waals surface area contributed by atoms with Crippen molar-refractivity contribution in [2.24, 2.45) is 11.7 Å². The molecular weight excluding hydrogens is 328 g/mol. The number of Topliss-reactive ketones (excluding diaryl/α,β-unsaturated/α-hetero) is 1. The molecule has 1 aromatic rings. The third-order valence-electron chi connectivity index (χ3n) is 5.05. The fraction of sp³-hybridized carbons (Fsp3) is 0.619. The average Bonchev–Trinajstić information content (AvgIpc) is 3.33. The van der Waals surface area contributed by atoms with Gasteiger partial charge in [0, 0.05) is 11.6 Å². The van der Waals surface area contributed by atoms with Gasteiger partial charge < -0.3 is 15.8 Å². The first-order valence-electron chi connectivity index (χ1n) is 9.50. The second kappa shape index (κ2) is 8.31. The largest absolute Gasteiger partial charge is 0.361 e. The summed E-state index contributed by atoms with van der Waals surface area (Å²) in [5.41, 5.74) is 8.11. The number of hydrogen-bond acceptors (Lipinski definition) is 4. The lowest BCUT2D eigenvalue weighted by atomic mass is 9.93. The standard InChI is InChI=1S/C21H32N2O3/c1-6-17(22)11-16-10-15(8-7-14(16)4)20(25)23-18(9-13(2)3)19(24)21(5)12-26-21/h7-8,10,13,17-18H,6,9,11-12,22H2,1-5H3,(H,23,25)/t17-,18-,21+/m0/s1. The minimum absolute atomic E-state index is 0.0418. The fourth-order valence-corrected chi connectivity index (χ4v) is 3.02. The topological polar surface area (TPSA) is 84.7 Å². The lowest BCUT2D eigenvalue weighted by Gasteiger charge is -2.21. The maximum absolute atomic E-state index is 12.8. The Morgan fingerprint density at radius 2 is 2.00 bits per heavy atom. The van der Waals surface area contributed by atoms with E-state index in [1.165, 1.54) is 0 Å². The predicted molar refractivity (Wildman–Crippen MR) is 103 cm³/mol. The summed E-state index contributed by atoms with van der Waals surface area (Å²) < 4.78 is 5.28. The number of carbonyl (C=O) groups is 2. The number of ketones is 1. The summed E-state index contributed by atoms with van der Waals surface area (Å²) in [4.78, 5) is 25.5. The third kappa shape index (κ3) is 5.15. The molecule has 1 fully saturated rings. The summed E-state index contributed by atoms with van der Waals surface area (Å²) in [6.07, 6.45) is 2.23. The molecule has 0 aliphatic carbocycles. The van der Waals surface area contributed by atoms with Gasteiger partial charge in [-0.2, -0.15) is 0 Å². The van der Waals surface area contributed by atoms with Crippen LogP contribution in [0.1, 0.15) is 62.0 Å². The van der Waals surface area contributed by atoms with Gasteiger partial charge in [0.1, 0.15) is 5.60 Å². The Morgan fingerprint density at radius 3 is 2.54 bits per heavy atom. The molecule has 1 aromatic carbocycles. The van der Waals surface area contributed by atoms with Gasteiger partial charge in [0.15, 0.2) is 5.78 Å². The van der Waals surface area contributed by atoms with Crippen LogP contribution < -0.4 is 11.1 Å². The highest BCUT2D eigenvalue weighted by atomic mass is 16.6. The van der Waals surface area contributed by atoms with Crippen LogP contribution in [0.25, 0.3) is 0 Å². The predicted octanol–water partition coefficient (Wildman–Crippen LogP) is 2.78. The average molecular weight is 360 g/mol. The quantitative estimate of drug-likeness (QED) is 0.663. The smallest absolute Gasteiger partial charge is 0.251 e. The molecule has 1 aliphatic rings. The second-order valence-corrected chi connectivity index (χ2v) is 8.05. The Morgan fingerprint density at radius 1 is 1.35 bits per heavy atom. The molecule has 0 unspecified atom stereocenters. The van der Waals surface area contributed by atoms with Crippen LogP contribution >= 0.6 is 0 Å². The van der Waals surface area contributed by atoms with Crippen molar-refractivity contribution in [3.8, 4) is 0 Å². The number of benzene rings is 1. The van der Waals surface area contributed by atoms with Crippen molar-refractivity contribution in [1.82, 2.24) is 5.32 Å². The molecule has 26 heavy (non-hydrogen) atoms. The van der Waals surface area contributed by atoms with E-state index >= 15 is 0 Å². The minimum atomic E-state index is -0.737. The molecule has 5 heteroatoms. The van der Waals surface area contributed by atoms with Crippen LogP contribution in [-0.4, -0.2) is 36.0 Å². The van der Waals surface area contributed by atoms with Gasteiger partial charge in [-0.05, 0) is 62.3 Å². The molecule has 1 amide bonds. The number of hydrogen-bond donors (Lipinski definition) is 2. The van der Waals surface area contributed by atoms with Crippen LogP contribution in [0.5, 0.6) is 0 Å². The number of amides is 1. The Kier molecular flexibility index (Phi) is 6.58. The molecule has 2 rings (SSSR count). The van der Waals surface area contributed by atoms with Crippen molar-refractivity contribution in [3.05, 3.63) is 34.9 Å². The molecule has 1 saturated heterocycles. The number of epoxide rings is 1. The van der Waals surface area contributed by atoms with E-state index in [4.69, 9.17) is 10.5 Å². The lowest BCUT2D eigenvalue weighted by Crippen LogP contribution is -2.46. The van der Waals surface area contributed by atoms with Crippen molar-refractivity contribution in [2.45, 2.75) is 71.6 Å². The van der Waals surface area contributed by atoms with Crippen molar-refractivity contribution < 1.29 is 14.3 Å². The normalized spacial score (nSPS) is 21.3. The van der Waals surface area contributed by atoms with E-state index in [2.05, 4.69) is 12.2 Å². The Hall–Kier alpha value is -1.72. The third-order valence-corrected chi connectivity index (χ3v) is 5.05. The van der Waals surface area contributed by atoms with Gasteiger partial charge in [-0.15, -0.1) is 0 Å². The Labute approximate surface area is 156 Å². The first kappa shape index (κ1) is 20.6. The molecule has 144 valence electrons. The number of ether oxygens (including phenoxy) is 1. The van der Waals surface area contributed by atoms with Gasteiger partial charge in [0.25, 0.3) is 5.91 Å². The summed E-state index contributed by atoms with van der Waals surface area (Å²) in [5.74, 6) is 0.0298. The first-order chi connectivity index (χ1) is 12.2. The van der Waals surface area contributed by atoms with E-state index < -0.39 is 11.6 Å². The van der Waals surface area contributed by atoms with Crippen LogP contribution in [0.3, 0.4) is 0 Å². The molecular formula is C21H32N2O3. The van der Waals surface area contributed by atoms with Crippen molar-refractivity contribution in [1.29, 1.82) is 0 Å². The fourth-order valence-electron chi connectivity index (χ4n) is 3.02. The van der Waals surface area contributed by atoms with Crippen LogP contribution in [0.2, 0.25) is 0 Å². The highest BCUT2D eigenvalue weighted by molar-refractivity contribution is 6.01. The monoisotopic (exact) mass is 360 g/mol. The van der Waals surface area contributed by atoms with Gasteiger partial charge in [-0.3, -0.25) is 9.59 Å². The van der Waals surface area contributed by atoms with E-state index in [1.54, 1.807) is 13.0 Å². The Bertz CT molecular complexity index is 665. The number of rotatable bonds is 9. The maximum Gasteiger partial charge on any atom is 0.251 e. The summed E-state index contributed by atoms with van der Waals surface area (Å²) in [6, 6.07) is 5.19. The van der Waals surface area contributed by atoms with Gasteiger partial charge in [-0.1, -0.05) is 26.8 Å². The molecule has 0 radical (unpaired) electrons. The SMILES string of the molecule is CC[C@H](N)Cc1cc(C(=O)N[C@@H](CC(C)C)C(=O)[C@@]2(C)CO2)ccc1C. The van der Waals surface area contributed by atoms with E-state index in [9.17, 15) is 9.59 Å². The van der Waals surface area contributed by atoms with E-state index in [0.717, 1.165) is 24.0 Å². The number of nitrogens with two attached hydrogens (primary N) is 1. The van der Waals surface area contributed by atoms with E-state index in [1.807, 2.05) is 32.9 Å². The maximum atomic E-state index is 12.8. The molecule has 3 atom stereocenters. The summed E-state index contributed by atoms with van der Waals surface area (Å²) in [7, 11) is 0. The highest BCUT2D eigenvalue weighted by Gasteiger charge is 2.50. The molecule has 1 aliphatic heterocycles. The van der Waals surface area contributed by atoms with Crippen LogP contribution in [0.15, 0.2) is 18.2 Å². The zero-order valence-electron chi connectivity index (χ0n) is 16.6. The molecule has 5 nitrogen and oxygen atoms in total. The lowest BCUT2D eigenvalue weighted by molar-refractivity contribution is -0.125. The van der Waals surface area contributed by atoms with Gasteiger partial charge in [0.05, 0.1) is 12.6 Å². The molecule has 1 heterocycles. The number of aryl methyl sites for hydroxylation is 1. The van der Waals surface area contributed by atoms with Crippen LogP contribution in [-0.2, 0) is 16.0 Å². The Balaban J connectivity index is 2.15. The van der Waals surface area contributed by atoms with Crippen molar-refractivity contribution in [2.75, 3.05) is 6.61 Å². The van der Waals surface area contributed by atoms with Crippen LogP contribution in [0, 0.1) is 12.8 Å². The number of carbonyl (C=O) groups excluding carboxylic acids is 2. The first-order valence-corrected chi connectivity index (χ1v) is 9.50. The molecule has 0 saturated carbocycles. The zero-order chi connectivity index (χ0) is 19.5. The van der Waals surface area contributed by atoms with Gasteiger partial charge in [0.2, 0.25) is 0 Å².